The molecule has 4 heteroatoms. The molecule has 15 heavy (non-hydrogen) atoms. The van der Waals surface area contributed by atoms with Crippen LogP contribution in [0, 0.1) is 0 Å². The minimum Gasteiger partial charge on any atom is -0.392 e. The monoisotopic (exact) mass is 216 g/mol. The summed E-state index contributed by atoms with van der Waals surface area (Å²) in [6.07, 6.45) is -0.0188. The van der Waals surface area contributed by atoms with E-state index in [4.69, 9.17) is 9.84 Å². The summed E-state index contributed by atoms with van der Waals surface area (Å²) in [7, 11) is 0. The molecule has 4 nitrogen and oxygen atoms in total. The normalized spacial score (nSPS) is 25.8. The van der Waals surface area contributed by atoms with Gasteiger partial charge in [0.05, 0.1) is 18.8 Å². The molecule has 1 rings (SSSR count). The molecule has 0 bridgehead atoms. The highest BCUT2D eigenvalue weighted by molar-refractivity contribution is 4.75. The lowest BCUT2D eigenvalue weighted by atomic mass is 10.2. The molecule has 1 aliphatic rings. The summed E-state index contributed by atoms with van der Waals surface area (Å²) in [6.45, 7) is 10.5. The van der Waals surface area contributed by atoms with Crippen LogP contribution >= 0.6 is 0 Å². The molecule has 0 spiro atoms. The Morgan fingerprint density at radius 1 is 1.47 bits per heavy atom. The van der Waals surface area contributed by atoms with E-state index < -0.39 is 0 Å². The van der Waals surface area contributed by atoms with Crippen LogP contribution in [-0.2, 0) is 4.74 Å². The van der Waals surface area contributed by atoms with Gasteiger partial charge in [-0.05, 0) is 20.8 Å². The first-order chi connectivity index (χ1) is 7.09. The van der Waals surface area contributed by atoms with Crippen molar-refractivity contribution in [2.45, 2.75) is 39.0 Å². The van der Waals surface area contributed by atoms with E-state index in [9.17, 15) is 0 Å². The van der Waals surface area contributed by atoms with Crippen molar-refractivity contribution >= 4 is 0 Å². The van der Waals surface area contributed by atoms with Gasteiger partial charge in [-0.3, -0.25) is 4.90 Å². The standard InChI is InChI=1S/C11H24N2O2/c1-9(2)13-4-5-15-11(8-13)7-12-6-10(3)14/h9-12,14H,4-8H2,1-3H3. The van der Waals surface area contributed by atoms with Crippen molar-refractivity contribution < 1.29 is 9.84 Å². The van der Waals surface area contributed by atoms with Gasteiger partial charge in [-0.1, -0.05) is 0 Å². The second-order valence-electron chi connectivity index (χ2n) is 4.59. The highest BCUT2D eigenvalue weighted by Gasteiger charge is 2.21. The third-order valence-corrected chi connectivity index (χ3v) is 2.71. The number of rotatable bonds is 5. The van der Waals surface area contributed by atoms with E-state index in [0.717, 1.165) is 26.2 Å². The lowest BCUT2D eigenvalue weighted by Gasteiger charge is -2.35. The lowest BCUT2D eigenvalue weighted by Crippen LogP contribution is -2.49. The van der Waals surface area contributed by atoms with E-state index in [0.29, 0.717) is 12.6 Å². The minimum atomic E-state index is -0.283. The summed E-state index contributed by atoms with van der Waals surface area (Å²) in [6, 6.07) is 0.591. The average molecular weight is 216 g/mol. The van der Waals surface area contributed by atoms with Gasteiger partial charge in [-0.2, -0.15) is 0 Å². The molecular weight excluding hydrogens is 192 g/mol. The quantitative estimate of drug-likeness (QED) is 0.682. The average Bonchev–Trinajstić information content (AvgIpc) is 2.17. The minimum absolute atomic E-state index is 0.264. The molecule has 1 saturated heterocycles. The van der Waals surface area contributed by atoms with Gasteiger partial charge in [-0.15, -0.1) is 0 Å². The van der Waals surface area contributed by atoms with E-state index in [-0.39, 0.29) is 12.2 Å². The number of hydrogen-bond donors (Lipinski definition) is 2. The maximum Gasteiger partial charge on any atom is 0.0826 e. The Bertz CT molecular complexity index is 174. The van der Waals surface area contributed by atoms with Gasteiger partial charge in [0.15, 0.2) is 0 Å². The SMILES string of the molecule is CC(O)CNCC1CN(C(C)C)CCO1. The van der Waals surface area contributed by atoms with Gasteiger partial charge >= 0.3 is 0 Å². The largest absolute Gasteiger partial charge is 0.392 e. The molecule has 1 aliphatic heterocycles. The van der Waals surface area contributed by atoms with Gasteiger partial charge in [0.2, 0.25) is 0 Å². The van der Waals surface area contributed by atoms with Gasteiger partial charge in [0.1, 0.15) is 0 Å². The summed E-state index contributed by atoms with van der Waals surface area (Å²) in [5.41, 5.74) is 0. The van der Waals surface area contributed by atoms with Crippen LogP contribution in [0.15, 0.2) is 0 Å². The van der Waals surface area contributed by atoms with Crippen LogP contribution in [0.5, 0.6) is 0 Å². The summed E-state index contributed by atoms with van der Waals surface area (Å²) in [5.74, 6) is 0. The van der Waals surface area contributed by atoms with Crippen molar-refractivity contribution in [2.75, 3.05) is 32.8 Å². The summed E-state index contributed by atoms with van der Waals surface area (Å²) >= 11 is 0. The summed E-state index contributed by atoms with van der Waals surface area (Å²) in [4.78, 5) is 2.43. The first-order valence-electron chi connectivity index (χ1n) is 5.84. The third-order valence-electron chi connectivity index (χ3n) is 2.71. The maximum absolute atomic E-state index is 9.11. The number of ether oxygens (including phenoxy) is 1. The molecule has 0 saturated carbocycles. The van der Waals surface area contributed by atoms with Gasteiger partial charge in [0.25, 0.3) is 0 Å². The number of morpholine rings is 1. The first kappa shape index (κ1) is 12.9. The fraction of sp³-hybridized carbons (Fsp3) is 1.00. The molecule has 1 fully saturated rings. The van der Waals surface area contributed by atoms with E-state index in [2.05, 4.69) is 24.1 Å². The fourth-order valence-corrected chi connectivity index (χ4v) is 1.79. The summed E-state index contributed by atoms with van der Waals surface area (Å²) < 4.78 is 5.65. The molecule has 0 amide bonds. The van der Waals surface area contributed by atoms with E-state index >= 15 is 0 Å². The Morgan fingerprint density at radius 3 is 2.80 bits per heavy atom. The molecule has 0 aromatic heterocycles. The predicted molar refractivity (Wildman–Crippen MR) is 61.0 cm³/mol. The Labute approximate surface area is 92.6 Å². The molecule has 2 unspecified atom stereocenters. The van der Waals surface area contributed by atoms with Crippen molar-refractivity contribution in [1.29, 1.82) is 0 Å². The molecule has 90 valence electrons. The molecule has 0 radical (unpaired) electrons. The zero-order valence-electron chi connectivity index (χ0n) is 10.1. The third kappa shape index (κ3) is 4.93. The van der Waals surface area contributed by atoms with Crippen LogP contribution in [0.25, 0.3) is 0 Å². The molecule has 0 aliphatic carbocycles. The number of nitrogens with zero attached hydrogens (tertiary/aromatic N) is 1. The van der Waals surface area contributed by atoms with Gasteiger partial charge < -0.3 is 15.2 Å². The Balaban J connectivity index is 2.18. The Hall–Kier alpha value is -0.160. The maximum atomic E-state index is 9.11. The highest BCUT2D eigenvalue weighted by atomic mass is 16.5. The Morgan fingerprint density at radius 2 is 2.20 bits per heavy atom. The molecule has 1 heterocycles. The van der Waals surface area contributed by atoms with Crippen molar-refractivity contribution in [1.82, 2.24) is 10.2 Å². The van der Waals surface area contributed by atoms with E-state index in [1.54, 1.807) is 6.92 Å². The van der Waals surface area contributed by atoms with E-state index in [1.165, 1.54) is 0 Å². The number of nitrogens with one attached hydrogen (secondary N) is 1. The van der Waals surface area contributed by atoms with Crippen LogP contribution in [0.3, 0.4) is 0 Å². The lowest BCUT2D eigenvalue weighted by molar-refractivity contribution is -0.0377. The van der Waals surface area contributed by atoms with Crippen molar-refractivity contribution in [3.05, 3.63) is 0 Å². The molecular formula is C11H24N2O2. The van der Waals surface area contributed by atoms with E-state index in [1.807, 2.05) is 0 Å². The van der Waals surface area contributed by atoms with Crippen LogP contribution in [0.2, 0.25) is 0 Å². The number of hydrogen-bond acceptors (Lipinski definition) is 4. The Kier molecular flexibility index (Phi) is 5.53. The van der Waals surface area contributed by atoms with Crippen molar-refractivity contribution in [2.24, 2.45) is 0 Å². The summed E-state index contributed by atoms with van der Waals surface area (Å²) in [5, 5.41) is 12.3. The molecule has 2 N–H and O–H groups in total. The second kappa shape index (κ2) is 6.43. The zero-order chi connectivity index (χ0) is 11.3. The first-order valence-corrected chi connectivity index (χ1v) is 5.84. The predicted octanol–water partition coefficient (Wildman–Crippen LogP) is 0.0660. The fourth-order valence-electron chi connectivity index (χ4n) is 1.79. The van der Waals surface area contributed by atoms with Crippen molar-refractivity contribution in [3.63, 3.8) is 0 Å². The second-order valence-corrected chi connectivity index (χ2v) is 4.59. The molecule has 2 atom stereocenters. The van der Waals surface area contributed by atoms with Crippen LogP contribution in [-0.4, -0.2) is 61.0 Å². The number of aliphatic hydroxyl groups is 1. The number of aliphatic hydroxyl groups excluding tert-OH is 1. The van der Waals surface area contributed by atoms with Crippen LogP contribution in [0.4, 0.5) is 0 Å². The zero-order valence-corrected chi connectivity index (χ0v) is 10.1. The topological polar surface area (TPSA) is 44.7 Å². The van der Waals surface area contributed by atoms with Crippen LogP contribution < -0.4 is 5.32 Å². The molecule has 0 aromatic carbocycles. The van der Waals surface area contributed by atoms with Crippen LogP contribution in [0.1, 0.15) is 20.8 Å². The van der Waals surface area contributed by atoms with Crippen molar-refractivity contribution in [3.8, 4) is 0 Å². The molecule has 0 aromatic rings. The van der Waals surface area contributed by atoms with Gasteiger partial charge in [0, 0.05) is 32.2 Å². The highest BCUT2D eigenvalue weighted by Crippen LogP contribution is 2.07. The smallest absolute Gasteiger partial charge is 0.0826 e. The van der Waals surface area contributed by atoms with Gasteiger partial charge in [-0.25, -0.2) is 0 Å².